The molecule has 0 aromatic carbocycles. The minimum absolute atomic E-state index is 0.0389. The Kier molecular flexibility index (Phi) is 8.66. The highest BCUT2D eigenvalue weighted by Gasteiger charge is 2.38. The zero-order chi connectivity index (χ0) is 28.1. The van der Waals surface area contributed by atoms with Crippen LogP contribution in [0, 0.1) is 17.2 Å². The van der Waals surface area contributed by atoms with E-state index in [1.54, 1.807) is 22.6 Å². The van der Waals surface area contributed by atoms with Crippen molar-refractivity contribution >= 4 is 28.6 Å². The fourth-order valence-electron chi connectivity index (χ4n) is 5.00. The second-order valence-electron chi connectivity index (χ2n) is 10.2. The molecule has 4 heterocycles. The van der Waals surface area contributed by atoms with Crippen molar-refractivity contribution in [3.05, 3.63) is 47.9 Å². The number of nitrogens with zero attached hydrogens (tertiary/aromatic N) is 7. The highest BCUT2D eigenvalue weighted by atomic mass is 16.5. The van der Waals surface area contributed by atoms with Crippen molar-refractivity contribution in [2.45, 2.75) is 25.8 Å². The minimum atomic E-state index is -0.126. The monoisotopic (exact) mass is 532 g/mol. The molecule has 2 N–H and O–H groups in total. The fourth-order valence-corrected chi connectivity index (χ4v) is 5.00. The number of ether oxygens (including phenoxy) is 1. The Labute approximate surface area is 228 Å². The lowest BCUT2D eigenvalue weighted by Gasteiger charge is -2.41. The van der Waals surface area contributed by atoms with Gasteiger partial charge in [0.25, 0.3) is 0 Å². The van der Waals surface area contributed by atoms with Crippen molar-refractivity contribution in [2.75, 3.05) is 53.9 Å². The summed E-state index contributed by atoms with van der Waals surface area (Å²) in [5.41, 5.74) is 9.37. The molecule has 2 aromatic heterocycles. The number of likely N-dealkylation sites (N-methyl/N-ethyl adjacent to an activating group) is 1. The van der Waals surface area contributed by atoms with Crippen molar-refractivity contribution in [1.29, 1.82) is 5.26 Å². The Morgan fingerprint density at radius 3 is 2.62 bits per heavy atom. The summed E-state index contributed by atoms with van der Waals surface area (Å²) in [6.07, 6.45) is 9.78. The van der Waals surface area contributed by atoms with Gasteiger partial charge in [0.2, 0.25) is 11.8 Å². The van der Waals surface area contributed by atoms with Gasteiger partial charge in [0.1, 0.15) is 22.9 Å². The van der Waals surface area contributed by atoms with E-state index in [0.717, 1.165) is 29.7 Å². The molecular formula is C28H36N8O3. The van der Waals surface area contributed by atoms with Gasteiger partial charge in [0, 0.05) is 68.0 Å². The molecule has 0 radical (unpaired) electrons. The number of amides is 2. The van der Waals surface area contributed by atoms with Gasteiger partial charge in [-0.15, -0.1) is 0 Å². The number of methoxy groups -OCH3 is 1. The van der Waals surface area contributed by atoms with Crippen LogP contribution in [0.2, 0.25) is 0 Å². The number of carbonyl (C=O) groups is 2. The molecular weight excluding hydrogens is 496 g/mol. The van der Waals surface area contributed by atoms with E-state index in [1.807, 2.05) is 49.2 Å². The van der Waals surface area contributed by atoms with Crippen molar-refractivity contribution in [1.82, 2.24) is 24.3 Å². The molecule has 2 aliphatic heterocycles. The van der Waals surface area contributed by atoms with Crippen LogP contribution >= 0.6 is 0 Å². The lowest BCUT2D eigenvalue weighted by Crippen LogP contribution is -2.57. The molecule has 2 amide bonds. The van der Waals surface area contributed by atoms with Crippen molar-refractivity contribution in [2.24, 2.45) is 16.6 Å². The lowest BCUT2D eigenvalue weighted by molar-refractivity contribution is -0.146. The zero-order valence-corrected chi connectivity index (χ0v) is 23.0. The predicted octanol–water partition coefficient (Wildman–Crippen LogP) is 1.54. The maximum Gasteiger partial charge on any atom is 0.246 e. The van der Waals surface area contributed by atoms with Crippen LogP contribution in [0.4, 0.5) is 0 Å². The summed E-state index contributed by atoms with van der Waals surface area (Å²) in [6.45, 7) is 4.86. The molecule has 0 unspecified atom stereocenters. The molecule has 0 atom stereocenters. The third-order valence-electron chi connectivity index (χ3n) is 7.21. The summed E-state index contributed by atoms with van der Waals surface area (Å²) in [4.78, 5) is 35.7. The molecule has 4 rings (SSSR count). The summed E-state index contributed by atoms with van der Waals surface area (Å²) in [5, 5.41) is 13.6. The van der Waals surface area contributed by atoms with Gasteiger partial charge in [-0.05, 0) is 39.9 Å². The third kappa shape index (κ3) is 6.12. The van der Waals surface area contributed by atoms with E-state index >= 15 is 0 Å². The maximum absolute atomic E-state index is 13.0. The van der Waals surface area contributed by atoms with Crippen LogP contribution in [0.1, 0.15) is 30.9 Å². The van der Waals surface area contributed by atoms with Crippen LogP contribution < -0.4 is 10.5 Å². The van der Waals surface area contributed by atoms with Crippen LogP contribution in [-0.2, 0) is 9.59 Å². The number of hydrogen-bond acceptors (Lipinski definition) is 8. The normalized spacial score (nSPS) is 17.6. The molecule has 2 aliphatic rings. The van der Waals surface area contributed by atoms with E-state index in [9.17, 15) is 14.9 Å². The first-order valence-corrected chi connectivity index (χ1v) is 13.1. The third-order valence-corrected chi connectivity index (χ3v) is 7.21. The second kappa shape index (κ2) is 12.1. The number of hydrogen-bond donors (Lipinski definition) is 1. The number of pyridine rings is 1. The van der Waals surface area contributed by atoms with Gasteiger partial charge < -0.3 is 25.2 Å². The van der Waals surface area contributed by atoms with Crippen LogP contribution in [-0.4, -0.2) is 102 Å². The first-order valence-electron chi connectivity index (χ1n) is 13.1. The number of piperidine rings is 1. The summed E-state index contributed by atoms with van der Waals surface area (Å²) in [5.74, 6) is 0.484. The first kappa shape index (κ1) is 27.9. The molecule has 206 valence electrons. The standard InChI is InChI=1S/C28H36N8O3/c1-19(24(14-30)20-12-25(39-4)27-21(13-29)15-31-36(27)18-20)32-23-7-10-34(11-8-23)28(38)22-16-35(17-22)26(37)6-5-9-33(2)3/h5-6,12,14-15,18,22-23H,7-11,16-17,30H2,1-4H3/b6-5+,24-14+,32-19?. The Hall–Kier alpha value is -4.17. The molecule has 0 aliphatic carbocycles. The van der Waals surface area contributed by atoms with Crippen LogP contribution in [0.5, 0.6) is 5.75 Å². The van der Waals surface area contributed by atoms with Crippen molar-refractivity contribution in [3.63, 3.8) is 0 Å². The molecule has 11 heteroatoms. The Morgan fingerprint density at radius 1 is 1.28 bits per heavy atom. The second-order valence-corrected chi connectivity index (χ2v) is 10.2. The number of allylic oxidation sites excluding steroid dienone is 1. The number of nitrogens with two attached hydrogens (primary N) is 1. The smallest absolute Gasteiger partial charge is 0.246 e. The van der Waals surface area contributed by atoms with Crippen molar-refractivity contribution < 1.29 is 14.3 Å². The minimum Gasteiger partial charge on any atom is -0.494 e. The van der Waals surface area contributed by atoms with Gasteiger partial charge >= 0.3 is 0 Å². The number of fused-ring (bicyclic) bond motifs is 1. The molecule has 39 heavy (non-hydrogen) atoms. The first-order chi connectivity index (χ1) is 18.7. The summed E-state index contributed by atoms with van der Waals surface area (Å²) < 4.78 is 7.14. The van der Waals surface area contributed by atoms with Gasteiger partial charge in [-0.2, -0.15) is 10.4 Å². The number of nitriles is 1. The van der Waals surface area contributed by atoms with Gasteiger partial charge in [-0.3, -0.25) is 14.6 Å². The Balaban J connectivity index is 1.34. The van der Waals surface area contributed by atoms with E-state index in [0.29, 0.717) is 49.6 Å². The van der Waals surface area contributed by atoms with E-state index in [1.165, 1.54) is 12.4 Å². The maximum atomic E-state index is 13.0. The quantitative estimate of drug-likeness (QED) is 0.403. The van der Waals surface area contributed by atoms with Crippen molar-refractivity contribution in [3.8, 4) is 11.8 Å². The van der Waals surface area contributed by atoms with Gasteiger partial charge in [-0.25, -0.2) is 4.52 Å². The van der Waals surface area contributed by atoms with Gasteiger partial charge in [0.15, 0.2) is 0 Å². The summed E-state index contributed by atoms with van der Waals surface area (Å²) in [6, 6.07) is 4.04. The van der Waals surface area contributed by atoms with E-state index < -0.39 is 0 Å². The molecule has 0 bridgehead atoms. The average Bonchev–Trinajstić information content (AvgIpc) is 3.31. The highest BCUT2D eigenvalue weighted by molar-refractivity contribution is 6.22. The zero-order valence-electron chi connectivity index (χ0n) is 23.0. The van der Waals surface area contributed by atoms with E-state index in [-0.39, 0.29) is 23.8 Å². The number of aromatic nitrogens is 2. The van der Waals surface area contributed by atoms with Gasteiger partial charge in [0.05, 0.1) is 25.3 Å². The van der Waals surface area contributed by atoms with E-state index in [2.05, 4.69) is 11.2 Å². The molecule has 2 aromatic rings. The fraction of sp³-hybridized carbons (Fsp3) is 0.464. The largest absolute Gasteiger partial charge is 0.494 e. The SMILES string of the molecule is COc1cc(/C(=C/N)C(C)=NC2CCN(C(=O)C3CN(C(=O)/C=C/CN(C)C)C3)CC2)cn2ncc(C#N)c12. The molecule has 2 saturated heterocycles. The summed E-state index contributed by atoms with van der Waals surface area (Å²) in [7, 11) is 5.45. The average molecular weight is 533 g/mol. The number of likely N-dealkylation sites (tertiary alicyclic amines) is 2. The Bertz CT molecular complexity index is 1350. The predicted molar refractivity (Wildman–Crippen MR) is 149 cm³/mol. The molecule has 11 nitrogen and oxygen atoms in total. The van der Waals surface area contributed by atoms with Crippen LogP contribution in [0.3, 0.4) is 0 Å². The number of rotatable bonds is 8. The number of aliphatic imine (C=N–C) groups is 1. The molecule has 0 saturated carbocycles. The number of carbonyl (C=O) groups excluding carboxylic acids is 2. The van der Waals surface area contributed by atoms with Gasteiger partial charge in [-0.1, -0.05) is 6.08 Å². The Morgan fingerprint density at radius 2 is 2.00 bits per heavy atom. The van der Waals surface area contributed by atoms with Crippen LogP contribution in [0.15, 0.2) is 41.8 Å². The lowest BCUT2D eigenvalue weighted by atomic mass is 9.96. The highest BCUT2D eigenvalue weighted by Crippen LogP contribution is 2.29. The summed E-state index contributed by atoms with van der Waals surface area (Å²) >= 11 is 0. The molecule has 0 spiro atoms. The molecule has 2 fully saturated rings. The topological polar surface area (TPSA) is 133 Å². The van der Waals surface area contributed by atoms with Crippen LogP contribution in [0.25, 0.3) is 11.1 Å². The van der Waals surface area contributed by atoms with E-state index in [4.69, 9.17) is 15.5 Å².